The summed E-state index contributed by atoms with van der Waals surface area (Å²) in [6.07, 6.45) is 11.6. The number of nitrogens with zero attached hydrogens (tertiary/aromatic N) is 1. The van der Waals surface area contributed by atoms with Crippen molar-refractivity contribution in [2.24, 2.45) is 0 Å². The second-order valence-corrected chi connectivity index (χ2v) is 7.99. The number of aryl methyl sites for hydroxylation is 1. The minimum absolute atomic E-state index is 0. The van der Waals surface area contributed by atoms with Gasteiger partial charge in [0.15, 0.2) is 0 Å². The van der Waals surface area contributed by atoms with Crippen LogP contribution in [0.2, 0.25) is 0 Å². The van der Waals surface area contributed by atoms with Crippen molar-refractivity contribution in [3.8, 4) is 0 Å². The molecule has 0 aliphatic heterocycles. The van der Waals surface area contributed by atoms with Crippen LogP contribution in [0.5, 0.6) is 0 Å². The Balaban J connectivity index is 0.00000363. The van der Waals surface area contributed by atoms with Crippen LogP contribution in [0, 0.1) is 6.92 Å². The highest BCUT2D eigenvalue weighted by Crippen LogP contribution is 2.39. The lowest BCUT2D eigenvalue weighted by molar-refractivity contribution is 0.0600. The van der Waals surface area contributed by atoms with Crippen molar-refractivity contribution in [2.45, 2.75) is 53.4 Å². The van der Waals surface area contributed by atoms with Crippen LogP contribution in [0.25, 0.3) is 11.1 Å². The average Bonchev–Trinajstić information content (AvgIpc) is 2.78. The summed E-state index contributed by atoms with van der Waals surface area (Å²) >= 11 is 0. The molecule has 3 nitrogen and oxygen atoms in total. The number of benzene rings is 1. The molecule has 1 aromatic carbocycles. The Morgan fingerprint density at radius 2 is 2.06 bits per heavy atom. The number of pyridine rings is 1. The van der Waals surface area contributed by atoms with E-state index in [4.69, 9.17) is 9.72 Å². The van der Waals surface area contributed by atoms with Gasteiger partial charge in [0.05, 0.1) is 18.4 Å². The molecule has 1 aliphatic carbocycles. The molecule has 168 valence electrons. The summed E-state index contributed by atoms with van der Waals surface area (Å²) in [6, 6.07) is 11.9. The zero-order chi connectivity index (χ0) is 22.4. The molecule has 1 unspecified atom stereocenters. The Bertz CT molecular complexity index is 1070. The molecule has 1 atom stereocenters. The number of fused-ring (bicyclic) bond motifs is 1. The number of methoxy groups -OCH3 is 1. The Kier molecular flexibility index (Phi) is 8.95. The highest BCUT2D eigenvalue weighted by atomic mass is 16.5. The third-order valence-corrected chi connectivity index (χ3v) is 5.63. The third-order valence-electron chi connectivity index (χ3n) is 5.63. The van der Waals surface area contributed by atoms with E-state index in [-0.39, 0.29) is 19.3 Å². The van der Waals surface area contributed by atoms with Gasteiger partial charge in [-0.05, 0) is 72.2 Å². The van der Waals surface area contributed by atoms with Crippen LogP contribution in [-0.4, -0.2) is 18.1 Å². The Morgan fingerprint density at radius 1 is 1.28 bits per heavy atom. The van der Waals surface area contributed by atoms with Crippen molar-refractivity contribution in [1.29, 1.82) is 0 Å². The molecule has 1 heterocycles. The van der Waals surface area contributed by atoms with Gasteiger partial charge in [-0.25, -0.2) is 4.79 Å². The number of carbonyl (C=O) groups excluding carboxylic acids is 1. The molecule has 32 heavy (non-hydrogen) atoms. The fraction of sp³-hybridized carbons (Fsp3) is 0.310. The Labute approximate surface area is 193 Å². The van der Waals surface area contributed by atoms with Gasteiger partial charge in [-0.1, -0.05) is 70.7 Å². The lowest BCUT2D eigenvalue weighted by Crippen LogP contribution is -2.08. The predicted molar refractivity (Wildman–Crippen MR) is 136 cm³/mol. The van der Waals surface area contributed by atoms with E-state index in [1.54, 1.807) is 0 Å². The van der Waals surface area contributed by atoms with Gasteiger partial charge < -0.3 is 4.74 Å². The molecule has 3 rings (SSSR count). The molecule has 0 radical (unpaired) electrons. The Morgan fingerprint density at radius 3 is 2.75 bits per heavy atom. The van der Waals surface area contributed by atoms with Gasteiger partial charge in [-0.15, -0.1) is 0 Å². The first-order chi connectivity index (χ1) is 15.0. The van der Waals surface area contributed by atoms with E-state index in [1.165, 1.54) is 7.11 Å². The van der Waals surface area contributed by atoms with Crippen LogP contribution in [0.15, 0.2) is 72.9 Å². The summed E-state index contributed by atoms with van der Waals surface area (Å²) in [5, 5.41) is 0. The molecule has 0 bridgehead atoms. The normalized spacial score (nSPS) is 18.2. The number of aromatic nitrogens is 1. The zero-order valence-electron chi connectivity index (χ0n) is 18.9. The molecular formula is C29H35NO2. The highest BCUT2D eigenvalue weighted by Gasteiger charge is 2.21. The minimum atomic E-state index is -0.312. The zero-order valence-corrected chi connectivity index (χ0v) is 18.9. The number of hydrogen-bond acceptors (Lipinski definition) is 3. The average molecular weight is 430 g/mol. The van der Waals surface area contributed by atoms with Crippen molar-refractivity contribution < 1.29 is 9.53 Å². The molecule has 0 N–H and O–H groups in total. The van der Waals surface area contributed by atoms with Gasteiger partial charge in [-0.2, -0.15) is 0 Å². The van der Waals surface area contributed by atoms with Crippen LogP contribution in [0.3, 0.4) is 0 Å². The van der Waals surface area contributed by atoms with E-state index < -0.39 is 0 Å². The van der Waals surface area contributed by atoms with Crippen LogP contribution < -0.4 is 0 Å². The van der Waals surface area contributed by atoms with Gasteiger partial charge >= 0.3 is 5.97 Å². The monoisotopic (exact) mass is 429 g/mol. The molecule has 0 amide bonds. The number of esters is 1. The van der Waals surface area contributed by atoms with Gasteiger partial charge in [0.1, 0.15) is 0 Å². The van der Waals surface area contributed by atoms with E-state index in [0.717, 1.165) is 58.5 Å². The van der Waals surface area contributed by atoms with Gasteiger partial charge in [0.2, 0.25) is 0 Å². The topological polar surface area (TPSA) is 39.2 Å². The number of unbranched alkanes of at least 4 members (excludes halogenated alkanes) is 1. The molecule has 1 aliphatic rings. The second-order valence-electron chi connectivity index (χ2n) is 7.99. The third kappa shape index (κ3) is 5.53. The summed E-state index contributed by atoms with van der Waals surface area (Å²) in [4.78, 5) is 16.9. The number of carbonyl (C=O) groups is 1. The van der Waals surface area contributed by atoms with Gasteiger partial charge in [0.25, 0.3) is 0 Å². The van der Waals surface area contributed by atoms with E-state index in [9.17, 15) is 4.79 Å². The fourth-order valence-corrected chi connectivity index (χ4v) is 3.89. The summed E-state index contributed by atoms with van der Waals surface area (Å²) in [7, 11) is 1.42. The SMILES string of the molecule is C.C=C(C(=C\CCC)/C1=C/C=C/CC(C)c2cc(C(=O)OC)ccc21)c1cccc(C)n1. The maximum Gasteiger partial charge on any atom is 0.337 e. The number of hydrogen-bond donors (Lipinski definition) is 0. The number of ether oxygens (including phenoxy) is 1. The lowest BCUT2D eigenvalue weighted by atomic mass is 9.82. The second kappa shape index (κ2) is 11.4. The van der Waals surface area contributed by atoms with Crippen LogP contribution in [0.1, 0.15) is 79.3 Å². The molecule has 0 saturated heterocycles. The van der Waals surface area contributed by atoms with E-state index >= 15 is 0 Å². The first kappa shape index (κ1) is 25.1. The first-order valence-corrected chi connectivity index (χ1v) is 10.9. The van der Waals surface area contributed by atoms with Crippen molar-refractivity contribution in [3.63, 3.8) is 0 Å². The minimum Gasteiger partial charge on any atom is -0.465 e. The van der Waals surface area contributed by atoms with Gasteiger partial charge in [-0.3, -0.25) is 4.98 Å². The van der Waals surface area contributed by atoms with Crippen molar-refractivity contribution in [3.05, 3.63) is 101 Å². The molecular weight excluding hydrogens is 394 g/mol. The molecule has 2 aromatic rings. The molecule has 1 aromatic heterocycles. The largest absolute Gasteiger partial charge is 0.465 e. The summed E-state index contributed by atoms with van der Waals surface area (Å²) in [5.41, 5.74) is 7.81. The van der Waals surface area contributed by atoms with E-state index in [0.29, 0.717) is 5.56 Å². The van der Waals surface area contributed by atoms with Crippen LogP contribution >= 0.6 is 0 Å². The maximum atomic E-state index is 12.2. The first-order valence-electron chi connectivity index (χ1n) is 10.9. The molecule has 3 heteroatoms. The van der Waals surface area contributed by atoms with Gasteiger partial charge in [0, 0.05) is 11.3 Å². The fourth-order valence-electron chi connectivity index (χ4n) is 3.89. The summed E-state index contributed by atoms with van der Waals surface area (Å²) in [5.74, 6) is -0.0365. The van der Waals surface area contributed by atoms with E-state index in [2.05, 4.69) is 44.7 Å². The molecule has 0 saturated carbocycles. The smallest absolute Gasteiger partial charge is 0.337 e. The summed E-state index contributed by atoms with van der Waals surface area (Å²) in [6.45, 7) is 10.8. The van der Waals surface area contributed by atoms with Crippen molar-refractivity contribution in [2.75, 3.05) is 7.11 Å². The van der Waals surface area contributed by atoms with Crippen LogP contribution in [0.4, 0.5) is 0 Å². The summed E-state index contributed by atoms with van der Waals surface area (Å²) < 4.78 is 4.95. The predicted octanol–water partition coefficient (Wildman–Crippen LogP) is 7.70. The standard InChI is InChI=1S/C28H31NO2.CH4/c1-6-7-13-23(21(4)27-15-10-12-20(3)29-27)24-14-9-8-11-19(2)26-18-22(28(30)31-5)16-17-25(24)26;/h8-10,12-19H,4,6-7,11H2,1-3,5H3;1H4/b9-8+,23-13+,24-14-;. The number of rotatable bonds is 6. The Hall–Kier alpha value is -3.20. The quantitative estimate of drug-likeness (QED) is 0.349. The molecule has 0 fully saturated rings. The lowest BCUT2D eigenvalue weighted by Gasteiger charge is -2.23. The van der Waals surface area contributed by atoms with Crippen LogP contribution in [-0.2, 0) is 4.74 Å². The van der Waals surface area contributed by atoms with Crippen molar-refractivity contribution >= 4 is 17.1 Å². The molecule has 0 spiro atoms. The highest BCUT2D eigenvalue weighted by molar-refractivity contribution is 5.99. The van der Waals surface area contributed by atoms with Crippen molar-refractivity contribution in [1.82, 2.24) is 4.98 Å². The van der Waals surface area contributed by atoms with E-state index in [1.807, 2.05) is 43.3 Å². The number of allylic oxidation sites excluding steroid dienone is 7. The maximum absolute atomic E-state index is 12.2.